The Morgan fingerprint density at radius 1 is 0.962 bits per heavy atom. The normalized spacial score (nSPS) is 11.3. The second-order valence-corrected chi connectivity index (χ2v) is 8.72. The van der Waals surface area contributed by atoms with Crippen molar-refractivity contribution >= 4 is 31.8 Å². The summed E-state index contributed by atoms with van der Waals surface area (Å²) in [5, 5.41) is 0. The molecule has 3 rings (SSSR count). The first-order chi connectivity index (χ1) is 12.3. The van der Waals surface area contributed by atoms with Gasteiger partial charge >= 0.3 is 0 Å². The van der Waals surface area contributed by atoms with Crippen LogP contribution in [-0.2, 0) is 16.4 Å². The molecule has 1 aromatic heterocycles. The lowest BCUT2D eigenvalue weighted by Crippen LogP contribution is -2.16. The number of hydrogen-bond acceptors (Lipinski definition) is 3. The predicted octanol–water partition coefficient (Wildman–Crippen LogP) is 4.85. The van der Waals surface area contributed by atoms with Crippen LogP contribution in [-0.4, -0.2) is 13.4 Å². The largest absolute Gasteiger partial charge is 0.263 e. The lowest BCUT2D eigenvalue weighted by Gasteiger charge is -2.13. The van der Waals surface area contributed by atoms with E-state index in [2.05, 4.69) is 25.6 Å². The maximum atomic E-state index is 12.9. The number of pyridine rings is 1. The van der Waals surface area contributed by atoms with E-state index in [9.17, 15) is 8.42 Å². The van der Waals surface area contributed by atoms with Gasteiger partial charge in [0, 0.05) is 10.7 Å². The summed E-state index contributed by atoms with van der Waals surface area (Å²) in [7, 11) is -3.71. The van der Waals surface area contributed by atoms with Gasteiger partial charge in [0.15, 0.2) is 0 Å². The average Bonchev–Trinajstić information content (AvgIpc) is 2.54. The number of nitrogens with zero attached hydrogens (tertiary/aromatic N) is 1. The Morgan fingerprint density at radius 3 is 2.27 bits per heavy atom. The van der Waals surface area contributed by atoms with Crippen LogP contribution in [0.15, 0.2) is 70.2 Å². The Balaban J connectivity index is 1.88. The molecule has 2 aromatic carbocycles. The Morgan fingerprint density at radius 2 is 1.62 bits per heavy atom. The number of aryl methyl sites for hydroxylation is 2. The third kappa shape index (κ3) is 4.31. The standard InChI is InChI=1S/C20H19BrN2O2S/c1-14-10-18(21)11-15(2)20(14)26(24,25)23-19-13-17(8-9-22-19)12-16-6-4-3-5-7-16/h3-11,13H,12H2,1-2H3,(H,22,23). The molecule has 0 amide bonds. The first kappa shape index (κ1) is 18.6. The second kappa shape index (κ2) is 7.60. The van der Waals surface area contributed by atoms with Gasteiger partial charge in [-0.15, -0.1) is 0 Å². The number of sulfonamides is 1. The Kier molecular flexibility index (Phi) is 5.44. The summed E-state index contributed by atoms with van der Waals surface area (Å²) in [6.45, 7) is 3.57. The summed E-state index contributed by atoms with van der Waals surface area (Å²) < 4.78 is 29.2. The number of benzene rings is 2. The van der Waals surface area contributed by atoms with E-state index < -0.39 is 10.0 Å². The fourth-order valence-corrected chi connectivity index (χ4v) is 5.12. The molecule has 0 radical (unpaired) electrons. The van der Waals surface area contributed by atoms with Gasteiger partial charge in [0.25, 0.3) is 10.0 Å². The molecule has 0 aliphatic carbocycles. The smallest absolute Gasteiger partial charge is 0.263 e. The van der Waals surface area contributed by atoms with Gasteiger partial charge in [-0.3, -0.25) is 4.72 Å². The van der Waals surface area contributed by atoms with Crippen LogP contribution in [0.5, 0.6) is 0 Å². The molecule has 0 spiro atoms. The lowest BCUT2D eigenvalue weighted by atomic mass is 10.1. The quantitative estimate of drug-likeness (QED) is 0.628. The van der Waals surface area contributed by atoms with Crippen molar-refractivity contribution in [3.63, 3.8) is 0 Å². The van der Waals surface area contributed by atoms with Crippen molar-refractivity contribution in [3.05, 3.63) is 87.5 Å². The van der Waals surface area contributed by atoms with Crippen molar-refractivity contribution in [1.29, 1.82) is 0 Å². The molecule has 0 saturated carbocycles. The van der Waals surface area contributed by atoms with Crippen LogP contribution in [0.4, 0.5) is 5.82 Å². The number of rotatable bonds is 5. The van der Waals surface area contributed by atoms with E-state index in [4.69, 9.17) is 0 Å². The highest BCUT2D eigenvalue weighted by Crippen LogP contribution is 2.26. The van der Waals surface area contributed by atoms with Crippen molar-refractivity contribution in [1.82, 2.24) is 4.98 Å². The Bertz CT molecular complexity index is 1010. The van der Waals surface area contributed by atoms with Crippen LogP contribution >= 0.6 is 15.9 Å². The Hall–Kier alpha value is -2.18. The van der Waals surface area contributed by atoms with Crippen molar-refractivity contribution in [3.8, 4) is 0 Å². The van der Waals surface area contributed by atoms with Gasteiger partial charge in [-0.2, -0.15) is 0 Å². The first-order valence-electron chi connectivity index (χ1n) is 8.13. The molecule has 1 N–H and O–H groups in total. The van der Waals surface area contributed by atoms with Crippen LogP contribution in [0, 0.1) is 13.8 Å². The molecule has 6 heteroatoms. The minimum absolute atomic E-state index is 0.288. The van der Waals surface area contributed by atoms with E-state index >= 15 is 0 Å². The maximum Gasteiger partial charge on any atom is 0.263 e. The van der Waals surface area contributed by atoms with Gasteiger partial charge in [-0.25, -0.2) is 13.4 Å². The predicted molar refractivity (Wildman–Crippen MR) is 108 cm³/mol. The molecule has 0 atom stereocenters. The van der Waals surface area contributed by atoms with E-state index in [0.717, 1.165) is 15.6 Å². The molecule has 4 nitrogen and oxygen atoms in total. The molecule has 134 valence electrons. The molecule has 0 aliphatic rings. The number of anilines is 1. The van der Waals surface area contributed by atoms with Crippen molar-refractivity contribution in [2.24, 2.45) is 0 Å². The van der Waals surface area contributed by atoms with Gasteiger partial charge in [-0.05, 0) is 66.8 Å². The molecule has 0 unspecified atom stereocenters. The van der Waals surface area contributed by atoms with Gasteiger partial charge in [0.05, 0.1) is 4.90 Å². The van der Waals surface area contributed by atoms with E-state index in [1.54, 1.807) is 38.2 Å². The van der Waals surface area contributed by atoms with Crippen molar-refractivity contribution < 1.29 is 8.42 Å². The summed E-state index contributed by atoms with van der Waals surface area (Å²) in [4.78, 5) is 4.46. The average molecular weight is 431 g/mol. The molecule has 0 bridgehead atoms. The van der Waals surface area contributed by atoms with Crippen LogP contribution in [0.1, 0.15) is 22.3 Å². The second-order valence-electron chi connectivity index (χ2n) is 6.19. The van der Waals surface area contributed by atoms with Crippen LogP contribution in [0.3, 0.4) is 0 Å². The fourth-order valence-electron chi connectivity index (χ4n) is 2.98. The van der Waals surface area contributed by atoms with Crippen LogP contribution in [0.25, 0.3) is 0 Å². The monoisotopic (exact) mass is 430 g/mol. The minimum atomic E-state index is -3.71. The molecule has 3 aromatic rings. The lowest BCUT2D eigenvalue weighted by molar-refractivity contribution is 0.600. The molecule has 26 heavy (non-hydrogen) atoms. The molecule has 0 aliphatic heterocycles. The number of halogens is 1. The third-order valence-corrected chi connectivity index (χ3v) is 6.13. The number of aromatic nitrogens is 1. The Labute approximate surface area is 162 Å². The maximum absolute atomic E-state index is 12.9. The van der Waals surface area contributed by atoms with E-state index in [1.165, 1.54) is 0 Å². The molecular formula is C20H19BrN2O2S. The highest BCUT2D eigenvalue weighted by Gasteiger charge is 2.20. The van der Waals surface area contributed by atoms with E-state index in [1.807, 2.05) is 36.4 Å². The zero-order chi connectivity index (χ0) is 18.7. The number of hydrogen-bond donors (Lipinski definition) is 1. The summed E-state index contributed by atoms with van der Waals surface area (Å²) >= 11 is 3.39. The van der Waals surface area contributed by atoms with Gasteiger partial charge in [-0.1, -0.05) is 46.3 Å². The fraction of sp³-hybridized carbons (Fsp3) is 0.150. The van der Waals surface area contributed by atoms with Crippen molar-refractivity contribution in [2.75, 3.05) is 4.72 Å². The topological polar surface area (TPSA) is 59.1 Å². The summed E-state index contributed by atoms with van der Waals surface area (Å²) in [5.41, 5.74) is 3.52. The summed E-state index contributed by atoms with van der Waals surface area (Å²) in [6, 6.07) is 17.3. The molecular weight excluding hydrogens is 412 g/mol. The summed E-state index contributed by atoms with van der Waals surface area (Å²) in [5.74, 6) is 0.320. The van der Waals surface area contributed by atoms with Gasteiger partial charge < -0.3 is 0 Å². The zero-order valence-electron chi connectivity index (χ0n) is 14.5. The molecule has 0 fully saturated rings. The zero-order valence-corrected chi connectivity index (χ0v) is 16.9. The first-order valence-corrected chi connectivity index (χ1v) is 10.4. The highest BCUT2D eigenvalue weighted by atomic mass is 79.9. The molecule has 0 saturated heterocycles. The van der Waals surface area contributed by atoms with E-state index in [-0.39, 0.29) is 4.90 Å². The van der Waals surface area contributed by atoms with E-state index in [0.29, 0.717) is 23.4 Å². The van der Waals surface area contributed by atoms with Crippen LogP contribution < -0.4 is 4.72 Å². The van der Waals surface area contributed by atoms with Gasteiger partial charge in [0.1, 0.15) is 5.82 Å². The molecule has 1 heterocycles. The number of nitrogens with one attached hydrogen (secondary N) is 1. The highest BCUT2D eigenvalue weighted by molar-refractivity contribution is 9.10. The van der Waals surface area contributed by atoms with Crippen LogP contribution in [0.2, 0.25) is 0 Å². The third-order valence-electron chi connectivity index (χ3n) is 4.01. The SMILES string of the molecule is Cc1cc(Br)cc(C)c1S(=O)(=O)Nc1cc(Cc2ccccc2)ccn1. The summed E-state index contributed by atoms with van der Waals surface area (Å²) in [6.07, 6.45) is 2.34. The van der Waals surface area contributed by atoms with Gasteiger partial charge in [0.2, 0.25) is 0 Å². The van der Waals surface area contributed by atoms with Crippen molar-refractivity contribution in [2.45, 2.75) is 25.2 Å². The minimum Gasteiger partial charge on any atom is -0.263 e.